The summed E-state index contributed by atoms with van der Waals surface area (Å²) in [7, 11) is 0. The summed E-state index contributed by atoms with van der Waals surface area (Å²) in [6.07, 6.45) is -2.03. The van der Waals surface area contributed by atoms with E-state index in [1.54, 1.807) is 26.8 Å². The van der Waals surface area contributed by atoms with Crippen LogP contribution in [0.25, 0.3) is 0 Å². The maximum Gasteiger partial charge on any atom is 0.408 e. The number of alkyl carbamates (subject to hydrolysis) is 1. The standard InChI is InChI=1S/C22H27F2N3O3/c1-20(2,3)30-19(28)27-22(15-8-6-7-9-17(15)23)13-29-18(21(4,5)24)16(22)10-14(11-25)12-26/h6-9,14,16,18H,10,13H2,1-5H3,(H,27,28)/t16-,18+,22-/m1/s1. The Kier molecular flexibility index (Phi) is 6.73. The Bertz CT molecular complexity index is 850. The van der Waals surface area contributed by atoms with E-state index in [0.717, 1.165) is 0 Å². The number of amides is 1. The van der Waals surface area contributed by atoms with Crippen molar-refractivity contribution < 1.29 is 23.0 Å². The SMILES string of the molecule is CC(C)(C)OC(=O)N[C@@]1(c2ccccc2F)CO[C@H](C(C)(C)F)[C@H]1CC(C#N)C#N. The maximum absolute atomic E-state index is 15.0. The van der Waals surface area contributed by atoms with E-state index in [0.29, 0.717) is 0 Å². The van der Waals surface area contributed by atoms with Gasteiger partial charge in [0.25, 0.3) is 0 Å². The first-order chi connectivity index (χ1) is 13.8. The van der Waals surface area contributed by atoms with E-state index in [2.05, 4.69) is 5.32 Å². The van der Waals surface area contributed by atoms with Crippen LogP contribution in [0.15, 0.2) is 24.3 Å². The minimum atomic E-state index is -1.87. The summed E-state index contributed by atoms with van der Waals surface area (Å²) in [4.78, 5) is 12.7. The van der Waals surface area contributed by atoms with E-state index in [1.165, 1.54) is 32.0 Å². The molecule has 0 aliphatic carbocycles. The zero-order valence-electron chi connectivity index (χ0n) is 17.8. The third-order valence-corrected chi connectivity index (χ3v) is 5.05. The molecular weight excluding hydrogens is 392 g/mol. The van der Waals surface area contributed by atoms with Gasteiger partial charge < -0.3 is 14.8 Å². The van der Waals surface area contributed by atoms with Gasteiger partial charge in [-0.25, -0.2) is 13.6 Å². The minimum absolute atomic E-state index is 0.0854. The summed E-state index contributed by atoms with van der Waals surface area (Å²) in [5, 5.41) is 21.3. The minimum Gasteiger partial charge on any atom is -0.444 e. The molecule has 1 aliphatic heterocycles. The average Bonchev–Trinajstić information content (AvgIpc) is 2.97. The highest BCUT2D eigenvalue weighted by molar-refractivity contribution is 5.69. The molecule has 0 spiro atoms. The first-order valence-electron chi connectivity index (χ1n) is 9.70. The van der Waals surface area contributed by atoms with Gasteiger partial charge in [-0.3, -0.25) is 0 Å². The molecule has 1 saturated heterocycles. The van der Waals surface area contributed by atoms with Crippen molar-refractivity contribution in [3.8, 4) is 12.1 Å². The summed E-state index contributed by atoms with van der Waals surface area (Å²) < 4.78 is 41.1. The lowest BCUT2D eigenvalue weighted by atomic mass is 9.71. The first kappa shape index (κ1) is 23.6. The molecule has 30 heavy (non-hydrogen) atoms. The van der Waals surface area contributed by atoms with Crippen LogP contribution < -0.4 is 5.32 Å². The molecular formula is C22H27F2N3O3. The predicted octanol–water partition coefficient (Wildman–Crippen LogP) is 4.36. The molecule has 1 aromatic rings. The van der Waals surface area contributed by atoms with E-state index >= 15 is 4.39 Å². The number of nitrogens with one attached hydrogen (secondary N) is 1. The lowest BCUT2D eigenvalue weighted by Gasteiger charge is -2.39. The number of ether oxygens (including phenoxy) is 2. The van der Waals surface area contributed by atoms with Crippen molar-refractivity contribution in [2.45, 2.75) is 64.0 Å². The molecule has 8 heteroatoms. The zero-order valence-corrected chi connectivity index (χ0v) is 17.8. The van der Waals surface area contributed by atoms with Crippen LogP contribution in [0, 0.1) is 40.3 Å². The van der Waals surface area contributed by atoms with Crippen molar-refractivity contribution in [3.63, 3.8) is 0 Å². The second kappa shape index (κ2) is 8.57. The van der Waals surface area contributed by atoms with Gasteiger partial charge in [0.05, 0.1) is 24.8 Å². The van der Waals surface area contributed by atoms with Gasteiger partial charge in [-0.1, -0.05) is 18.2 Å². The van der Waals surface area contributed by atoms with Crippen LogP contribution in [0.3, 0.4) is 0 Å². The van der Waals surface area contributed by atoms with E-state index in [4.69, 9.17) is 9.47 Å². The van der Waals surface area contributed by atoms with E-state index < -0.39 is 46.7 Å². The fraction of sp³-hybridized carbons (Fsp3) is 0.591. The molecule has 6 nitrogen and oxygen atoms in total. The molecule has 1 heterocycles. The van der Waals surface area contributed by atoms with Gasteiger partial charge >= 0.3 is 6.09 Å². The van der Waals surface area contributed by atoms with Crippen molar-refractivity contribution in [3.05, 3.63) is 35.6 Å². The molecule has 0 bridgehead atoms. The Hall–Kier alpha value is -2.71. The second-order valence-corrected chi connectivity index (χ2v) is 9.03. The first-order valence-corrected chi connectivity index (χ1v) is 9.70. The van der Waals surface area contributed by atoms with Crippen molar-refractivity contribution in [2.24, 2.45) is 11.8 Å². The predicted molar refractivity (Wildman–Crippen MR) is 105 cm³/mol. The van der Waals surface area contributed by atoms with Crippen molar-refractivity contribution in [1.82, 2.24) is 5.32 Å². The Morgan fingerprint density at radius 2 is 1.90 bits per heavy atom. The molecule has 0 aromatic heterocycles. The Balaban J connectivity index is 2.62. The molecule has 1 aliphatic rings. The zero-order chi connectivity index (χ0) is 22.7. The van der Waals surface area contributed by atoms with Crippen LogP contribution in [0.2, 0.25) is 0 Å². The summed E-state index contributed by atoms with van der Waals surface area (Å²) in [6, 6.07) is 9.53. The van der Waals surface area contributed by atoms with Gasteiger partial charge in [-0.2, -0.15) is 10.5 Å². The van der Waals surface area contributed by atoms with Crippen LogP contribution in [0.5, 0.6) is 0 Å². The fourth-order valence-electron chi connectivity index (χ4n) is 3.87. The highest BCUT2D eigenvalue weighted by Crippen LogP contribution is 2.47. The quantitative estimate of drug-likeness (QED) is 0.765. The van der Waals surface area contributed by atoms with Crippen molar-refractivity contribution >= 4 is 6.09 Å². The number of carbonyl (C=O) groups is 1. The van der Waals surface area contributed by atoms with Gasteiger partial charge in [0.2, 0.25) is 0 Å². The van der Waals surface area contributed by atoms with Crippen molar-refractivity contribution in [1.29, 1.82) is 10.5 Å². The lowest BCUT2D eigenvalue weighted by Crippen LogP contribution is -2.55. The third-order valence-electron chi connectivity index (χ3n) is 5.05. The van der Waals surface area contributed by atoms with E-state index in [1.807, 2.05) is 12.1 Å². The van der Waals surface area contributed by atoms with Crippen molar-refractivity contribution in [2.75, 3.05) is 6.61 Å². The van der Waals surface area contributed by atoms with Crippen LogP contribution in [-0.4, -0.2) is 30.1 Å². The maximum atomic E-state index is 15.0. The Morgan fingerprint density at radius 1 is 1.30 bits per heavy atom. The largest absolute Gasteiger partial charge is 0.444 e. The van der Waals surface area contributed by atoms with Crippen LogP contribution >= 0.6 is 0 Å². The number of hydrogen-bond donors (Lipinski definition) is 1. The molecule has 2 rings (SSSR count). The number of carbonyl (C=O) groups excluding carboxylic acids is 1. The highest BCUT2D eigenvalue weighted by atomic mass is 19.1. The van der Waals surface area contributed by atoms with E-state index in [-0.39, 0.29) is 18.6 Å². The number of nitrogens with zero attached hydrogens (tertiary/aromatic N) is 2. The Morgan fingerprint density at radius 3 is 2.40 bits per heavy atom. The number of nitriles is 2. The number of benzene rings is 1. The van der Waals surface area contributed by atoms with Gasteiger partial charge in [-0.05, 0) is 47.1 Å². The monoisotopic (exact) mass is 419 g/mol. The smallest absolute Gasteiger partial charge is 0.408 e. The van der Waals surface area contributed by atoms with Crippen LogP contribution in [-0.2, 0) is 15.0 Å². The summed E-state index contributed by atoms with van der Waals surface area (Å²) in [5.41, 5.74) is -4.13. The van der Waals surface area contributed by atoms with Gasteiger partial charge in [0.15, 0.2) is 0 Å². The third kappa shape index (κ3) is 5.06. The molecule has 0 unspecified atom stereocenters. The normalized spacial score (nSPS) is 24.2. The van der Waals surface area contributed by atoms with E-state index in [9.17, 15) is 19.7 Å². The number of alkyl halides is 1. The molecule has 0 saturated carbocycles. The van der Waals surface area contributed by atoms with Gasteiger partial charge in [0.1, 0.15) is 28.5 Å². The highest BCUT2D eigenvalue weighted by Gasteiger charge is 2.58. The number of halogens is 2. The summed E-state index contributed by atoms with van der Waals surface area (Å²) in [5.74, 6) is -2.61. The molecule has 1 amide bonds. The molecule has 0 radical (unpaired) electrons. The summed E-state index contributed by atoms with van der Waals surface area (Å²) >= 11 is 0. The van der Waals surface area contributed by atoms with Gasteiger partial charge in [0, 0.05) is 11.5 Å². The average molecular weight is 419 g/mol. The lowest BCUT2D eigenvalue weighted by molar-refractivity contribution is -0.0266. The Labute approximate surface area is 175 Å². The molecule has 162 valence electrons. The summed E-state index contributed by atoms with van der Waals surface area (Å²) in [6.45, 7) is 7.42. The van der Waals surface area contributed by atoms with Crippen LogP contribution in [0.4, 0.5) is 13.6 Å². The number of hydrogen-bond acceptors (Lipinski definition) is 5. The van der Waals surface area contributed by atoms with Crippen LogP contribution in [0.1, 0.15) is 46.6 Å². The fourth-order valence-corrected chi connectivity index (χ4v) is 3.87. The van der Waals surface area contributed by atoms with Gasteiger partial charge in [-0.15, -0.1) is 0 Å². The molecule has 3 atom stereocenters. The topological polar surface area (TPSA) is 95.1 Å². The molecule has 1 N–H and O–H groups in total. The number of rotatable bonds is 5. The molecule has 1 aromatic carbocycles. The molecule has 1 fully saturated rings. The second-order valence-electron chi connectivity index (χ2n) is 9.03.